The van der Waals surface area contributed by atoms with Crippen LogP contribution >= 0.6 is 0 Å². The fourth-order valence-corrected chi connectivity index (χ4v) is 2.22. The minimum atomic E-state index is -1.53. The van der Waals surface area contributed by atoms with E-state index in [1.54, 1.807) is 0 Å². The van der Waals surface area contributed by atoms with Crippen molar-refractivity contribution in [3.05, 3.63) is 35.9 Å². The van der Waals surface area contributed by atoms with Crippen molar-refractivity contribution in [3.63, 3.8) is 0 Å². The molecule has 3 rings (SSSR count). The molecule has 0 amide bonds. The van der Waals surface area contributed by atoms with Gasteiger partial charge >= 0.3 is 6.89 Å². The Kier molecular flexibility index (Phi) is 2.25. The SMILES string of the molecule is c1ccc([C@@H]2CO[B-]3([NH2+]2)OCCO3)cc1. The standard InChI is InChI=1S/C10H14BNO3/c1-2-4-9(5-3-1)10-8-15-11(12-10)13-6-7-14-11/h1-5,10H,6-8,12H2/t10-/m0/s1. The first-order valence-corrected chi connectivity index (χ1v) is 5.35. The highest BCUT2D eigenvalue weighted by Gasteiger charge is 2.49. The zero-order valence-corrected chi connectivity index (χ0v) is 8.46. The van der Waals surface area contributed by atoms with Crippen LogP contribution < -0.4 is 5.23 Å². The Morgan fingerprint density at radius 3 is 2.53 bits per heavy atom. The molecule has 15 heavy (non-hydrogen) atoms. The van der Waals surface area contributed by atoms with Gasteiger partial charge in [0.05, 0.1) is 12.6 Å². The van der Waals surface area contributed by atoms with E-state index in [0.717, 1.165) is 0 Å². The number of nitrogens with two attached hydrogens (primary N) is 1. The molecule has 1 aromatic rings. The van der Waals surface area contributed by atoms with Gasteiger partial charge in [-0.3, -0.25) is 0 Å². The van der Waals surface area contributed by atoms with Gasteiger partial charge in [0, 0.05) is 18.8 Å². The number of benzene rings is 1. The molecule has 5 heteroatoms. The van der Waals surface area contributed by atoms with E-state index in [-0.39, 0.29) is 0 Å². The summed E-state index contributed by atoms with van der Waals surface area (Å²) in [6.45, 7) is 0.404. The molecular weight excluding hydrogens is 193 g/mol. The third-order valence-corrected chi connectivity index (χ3v) is 2.99. The fourth-order valence-electron chi connectivity index (χ4n) is 2.22. The molecule has 1 atom stereocenters. The normalized spacial score (nSPS) is 28.7. The number of hydrogen-bond donors (Lipinski definition) is 1. The lowest BCUT2D eigenvalue weighted by atomic mass is 9.97. The van der Waals surface area contributed by atoms with Crippen molar-refractivity contribution in [2.75, 3.05) is 19.8 Å². The Morgan fingerprint density at radius 2 is 1.80 bits per heavy atom. The summed E-state index contributed by atoms with van der Waals surface area (Å²) in [7, 11) is 0. The maximum Gasteiger partial charge on any atom is 0.622 e. The summed E-state index contributed by atoms with van der Waals surface area (Å²) < 4.78 is 16.7. The topological polar surface area (TPSA) is 44.3 Å². The summed E-state index contributed by atoms with van der Waals surface area (Å²) >= 11 is 0. The van der Waals surface area contributed by atoms with Gasteiger partial charge in [-0.15, -0.1) is 0 Å². The van der Waals surface area contributed by atoms with Crippen molar-refractivity contribution in [1.82, 2.24) is 0 Å². The average molecular weight is 207 g/mol. The maximum absolute atomic E-state index is 5.63. The van der Waals surface area contributed by atoms with Crippen LogP contribution in [0.4, 0.5) is 0 Å². The van der Waals surface area contributed by atoms with Crippen LogP contribution in [0.1, 0.15) is 11.6 Å². The summed E-state index contributed by atoms with van der Waals surface area (Å²) in [6, 6.07) is 10.6. The van der Waals surface area contributed by atoms with Gasteiger partial charge in [-0.2, -0.15) is 0 Å². The van der Waals surface area contributed by atoms with E-state index < -0.39 is 6.89 Å². The Hall–Kier alpha value is -0.875. The highest BCUT2D eigenvalue weighted by atomic mass is 16.8. The molecular formula is C10H14BNO3. The first kappa shape index (κ1) is 9.36. The van der Waals surface area contributed by atoms with E-state index in [4.69, 9.17) is 14.0 Å². The average Bonchev–Trinajstić information content (AvgIpc) is 2.91. The van der Waals surface area contributed by atoms with Crippen LogP contribution in [0.15, 0.2) is 30.3 Å². The molecule has 0 aliphatic carbocycles. The lowest BCUT2D eigenvalue weighted by Gasteiger charge is -2.22. The molecule has 1 spiro atoms. The van der Waals surface area contributed by atoms with Crippen LogP contribution in [0.3, 0.4) is 0 Å². The highest BCUT2D eigenvalue weighted by molar-refractivity contribution is 6.51. The molecule has 4 nitrogen and oxygen atoms in total. The van der Waals surface area contributed by atoms with Crippen LogP contribution in [-0.2, 0) is 14.0 Å². The zero-order chi connectivity index (χ0) is 10.1. The Bertz CT molecular complexity index is 340. The monoisotopic (exact) mass is 207 g/mol. The van der Waals surface area contributed by atoms with Gasteiger partial charge in [-0.05, 0) is 0 Å². The van der Waals surface area contributed by atoms with Crippen molar-refractivity contribution >= 4 is 6.89 Å². The molecule has 2 fully saturated rings. The van der Waals surface area contributed by atoms with Crippen LogP contribution in [-0.4, -0.2) is 26.7 Å². The second kappa shape index (κ2) is 3.61. The Labute approximate surface area is 88.6 Å². The van der Waals surface area contributed by atoms with Crippen molar-refractivity contribution in [1.29, 1.82) is 0 Å². The van der Waals surface area contributed by atoms with Gasteiger partial charge in [0.1, 0.15) is 0 Å². The van der Waals surface area contributed by atoms with Gasteiger partial charge < -0.3 is 19.2 Å². The van der Waals surface area contributed by atoms with E-state index in [9.17, 15) is 0 Å². The predicted molar refractivity (Wildman–Crippen MR) is 54.7 cm³/mol. The maximum atomic E-state index is 5.63. The minimum Gasteiger partial charge on any atom is -0.484 e. The Balaban J connectivity index is 1.76. The van der Waals surface area contributed by atoms with Gasteiger partial charge in [-0.25, -0.2) is 0 Å². The van der Waals surface area contributed by atoms with Crippen LogP contribution in [0, 0.1) is 0 Å². The number of quaternary nitrogens is 1. The lowest BCUT2D eigenvalue weighted by molar-refractivity contribution is -0.591. The molecule has 0 aromatic heterocycles. The third-order valence-electron chi connectivity index (χ3n) is 2.99. The molecule has 2 aliphatic heterocycles. The third kappa shape index (κ3) is 1.68. The Morgan fingerprint density at radius 1 is 1.07 bits per heavy atom. The molecule has 0 bridgehead atoms. The van der Waals surface area contributed by atoms with Crippen molar-refractivity contribution in [3.8, 4) is 0 Å². The zero-order valence-electron chi connectivity index (χ0n) is 8.46. The van der Waals surface area contributed by atoms with E-state index in [1.165, 1.54) is 5.56 Å². The quantitative estimate of drug-likeness (QED) is 0.648. The second-order valence-corrected chi connectivity index (χ2v) is 3.98. The second-order valence-electron chi connectivity index (χ2n) is 3.98. The van der Waals surface area contributed by atoms with E-state index >= 15 is 0 Å². The van der Waals surface area contributed by atoms with Crippen LogP contribution in [0.25, 0.3) is 0 Å². The number of rotatable bonds is 1. The summed E-state index contributed by atoms with van der Waals surface area (Å²) in [5, 5.41) is 2.07. The first-order chi connectivity index (χ1) is 7.38. The molecule has 0 unspecified atom stereocenters. The minimum absolute atomic E-state index is 0.296. The molecule has 80 valence electrons. The van der Waals surface area contributed by atoms with E-state index in [2.05, 4.69) is 17.4 Å². The molecule has 2 aliphatic rings. The highest BCUT2D eigenvalue weighted by Crippen LogP contribution is 2.19. The van der Waals surface area contributed by atoms with Crippen molar-refractivity contribution < 1.29 is 19.2 Å². The van der Waals surface area contributed by atoms with Crippen molar-refractivity contribution in [2.24, 2.45) is 0 Å². The van der Waals surface area contributed by atoms with Gasteiger partial charge in [0.25, 0.3) is 0 Å². The van der Waals surface area contributed by atoms with Crippen LogP contribution in [0.5, 0.6) is 0 Å². The molecule has 0 radical (unpaired) electrons. The van der Waals surface area contributed by atoms with Crippen LogP contribution in [0.2, 0.25) is 0 Å². The van der Waals surface area contributed by atoms with Gasteiger partial charge in [-0.1, -0.05) is 30.3 Å². The van der Waals surface area contributed by atoms with Gasteiger partial charge in [0.15, 0.2) is 0 Å². The molecule has 2 saturated heterocycles. The summed E-state index contributed by atoms with van der Waals surface area (Å²) in [5.41, 5.74) is 1.26. The lowest BCUT2D eigenvalue weighted by Crippen LogP contribution is -2.99. The molecule has 1 aromatic carbocycles. The fraction of sp³-hybridized carbons (Fsp3) is 0.400. The van der Waals surface area contributed by atoms with Crippen molar-refractivity contribution in [2.45, 2.75) is 6.04 Å². The van der Waals surface area contributed by atoms with E-state index in [1.807, 2.05) is 18.2 Å². The molecule has 0 saturated carbocycles. The summed E-state index contributed by atoms with van der Waals surface area (Å²) in [4.78, 5) is 0. The first-order valence-electron chi connectivity index (χ1n) is 5.35. The number of hydrogen-bond acceptors (Lipinski definition) is 3. The molecule has 2 heterocycles. The predicted octanol–water partition coefficient (Wildman–Crippen LogP) is -0.196. The summed E-state index contributed by atoms with van der Waals surface area (Å²) in [6.07, 6.45) is 0. The van der Waals surface area contributed by atoms with Gasteiger partial charge in [0.2, 0.25) is 0 Å². The largest absolute Gasteiger partial charge is 0.622 e. The smallest absolute Gasteiger partial charge is 0.484 e. The van der Waals surface area contributed by atoms with E-state index in [0.29, 0.717) is 25.9 Å². The summed E-state index contributed by atoms with van der Waals surface area (Å²) in [5.74, 6) is 0. The molecule has 2 N–H and O–H groups in total.